The highest BCUT2D eigenvalue weighted by molar-refractivity contribution is 5.78. The number of nitrogens with zero attached hydrogens (tertiary/aromatic N) is 1. The number of aromatic nitrogens is 1. The van der Waals surface area contributed by atoms with E-state index in [0.29, 0.717) is 12.4 Å². The molecule has 0 bridgehead atoms. The topological polar surface area (TPSA) is 76.4 Å². The number of ether oxygens (including phenoxy) is 1. The highest BCUT2D eigenvalue weighted by atomic mass is 16.5. The number of hydrogen-bond donors (Lipinski definition) is 2. The van der Waals surface area contributed by atoms with Crippen molar-refractivity contribution in [2.75, 3.05) is 19.8 Å². The van der Waals surface area contributed by atoms with Crippen molar-refractivity contribution in [2.24, 2.45) is 0 Å². The predicted molar refractivity (Wildman–Crippen MR) is 64.9 cm³/mol. The molecule has 0 unspecified atom stereocenters. The Labute approximate surface area is 106 Å². The first-order valence-corrected chi connectivity index (χ1v) is 6.23. The predicted octanol–water partition coefficient (Wildman–Crippen LogP) is 0.368. The van der Waals surface area contributed by atoms with Crippen LogP contribution in [0.5, 0.6) is 0 Å². The van der Waals surface area contributed by atoms with Crippen LogP contribution in [0.4, 0.5) is 0 Å². The molecule has 1 saturated heterocycles. The summed E-state index contributed by atoms with van der Waals surface area (Å²) in [4.78, 5) is 15.7. The van der Waals surface area contributed by atoms with E-state index in [9.17, 15) is 4.79 Å². The minimum Gasteiger partial charge on any atom is -0.445 e. The lowest BCUT2D eigenvalue weighted by Gasteiger charge is -2.23. The van der Waals surface area contributed by atoms with Gasteiger partial charge < -0.3 is 14.5 Å². The average molecular weight is 253 g/mol. The number of aryl methyl sites for hydroxylation is 1. The van der Waals surface area contributed by atoms with Crippen LogP contribution < -0.4 is 10.6 Å². The fraction of sp³-hybridized carbons (Fsp3) is 0.667. The van der Waals surface area contributed by atoms with Crippen LogP contribution in [-0.4, -0.2) is 36.7 Å². The minimum absolute atomic E-state index is 0.00479. The first kappa shape index (κ1) is 13.0. The number of amides is 1. The van der Waals surface area contributed by atoms with Crippen molar-refractivity contribution in [3.63, 3.8) is 0 Å². The Morgan fingerprint density at radius 3 is 2.94 bits per heavy atom. The molecule has 0 radical (unpaired) electrons. The average Bonchev–Trinajstić information content (AvgIpc) is 2.76. The van der Waals surface area contributed by atoms with Gasteiger partial charge in [-0.05, 0) is 19.8 Å². The Morgan fingerprint density at radius 1 is 1.50 bits per heavy atom. The van der Waals surface area contributed by atoms with Crippen molar-refractivity contribution in [3.8, 4) is 0 Å². The fourth-order valence-electron chi connectivity index (χ4n) is 1.89. The van der Waals surface area contributed by atoms with Gasteiger partial charge in [0.05, 0.1) is 19.3 Å². The summed E-state index contributed by atoms with van der Waals surface area (Å²) < 4.78 is 10.5. The SMILES string of the molecule is Cc1cnc(CNCC(=O)NC2CCOCC2)o1. The Balaban J connectivity index is 1.62. The molecule has 100 valence electrons. The van der Waals surface area contributed by atoms with Crippen LogP contribution in [0.2, 0.25) is 0 Å². The summed E-state index contributed by atoms with van der Waals surface area (Å²) >= 11 is 0. The summed E-state index contributed by atoms with van der Waals surface area (Å²) in [6.07, 6.45) is 3.45. The molecule has 18 heavy (non-hydrogen) atoms. The molecule has 0 atom stereocenters. The quantitative estimate of drug-likeness (QED) is 0.792. The zero-order valence-corrected chi connectivity index (χ0v) is 10.6. The Kier molecular flexibility index (Phi) is 4.72. The minimum atomic E-state index is 0.00479. The Bertz CT molecular complexity index is 386. The number of oxazole rings is 1. The fourth-order valence-corrected chi connectivity index (χ4v) is 1.89. The van der Waals surface area contributed by atoms with Crippen molar-refractivity contribution >= 4 is 5.91 Å². The second-order valence-electron chi connectivity index (χ2n) is 4.42. The maximum atomic E-state index is 11.6. The van der Waals surface area contributed by atoms with E-state index in [0.717, 1.165) is 31.8 Å². The third kappa shape index (κ3) is 4.12. The molecule has 2 N–H and O–H groups in total. The van der Waals surface area contributed by atoms with E-state index in [1.807, 2.05) is 6.92 Å². The van der Waals surface area contributed by atoms with Crippen molar-refractivity contribution < 1.29 is 13.9 Å². The van der Waals surface area contributed by atoms with Gasteiger partial charge in [-0.3, -0.25) is 10.1 Å². The maximum absolute atomic E-state index is 11.6. The van der Waals surface area contributed by atoms with Gasteiger partial charge >= 0.3 is 0 Å². The van der Waals surface area contributed by atoms with Gasteiger partial charge in [0.2, 0.25) is 11.8 Å². The molecule has 1 fully saturated rings. The molecule has 1 aromatic heterocycles. The summed E-state index contributed by atoms with van der Waals surface area (Å²) in [5.41, 5.74) is 0. The van der Waals surface area contributed by atoms with Crippen LogP contribution >= 0.6 is 0 Å². The molecule has 1 aliphatic heterocycles. The zero-order chi connectivity index (χ0) is 12.8. The molecule has 0 aromatic carbocycles. The second-order valence-corrected chi connectivity index (χ2v) is 4.42. The van der Waals surface area contributed by atoms with Crippen molar-refractivity contribution in [2.45, 2.75) is 32.4 Å². The first-order valence-electron chi connectivity index (χ1n) is 6.23. The van der Waals surface area contributed by atoms with Gasteiger partial charge in [-0.15, -0.1) is 0 Å². The van der Waals surface area contributed by atoms with Crippen LogP contribution in [-0.2, 0) is 16.1 Å². The molecule has 1 amide bonds. The monoisotopic (exact) mass is 253 g/mol. The van der Waals surface area contributed by atoms with Gasteiger partial charge in [0.1, 0.15) is 5.76 Å². The summed E-state index contributed by atoms with van der Waals surface area (Å²) in [7, 11) is 0. The van der Waals surface area contributed by atoms with Gasteiger partial charge in [0.15, 0.2) is 0 Å². The van der Waals surface area contributed by atoms with Gasteiger partial charge in [0.25, 0.3) is 0 Å². The molecule has 0 saturated carbocycles. The molecule has 2 rings (SSSR count). The summed E-state index contributed by atoms with van der Waals surface area (Å²) in [5.74, 6) is 1.38. The molecule has 1 aliphatic rings. The number of hydrogen-bond acceptors (Lipinski definition) is 5. The van der Waals surface area contributed by atoms with Crippen LogP contribution in [0.15, 0.2) is 10.6 Å². The Morgan fingerprint density at radius 2 is 2.28 bits per heavy atom. The van der Waals surface area contributed by atoms with E-state index in [1.165, 1.54) is 0 Å². The van der Waals surface area contributed by atoms with E-state index in [2.05, 4.69) is 15.6 Å². The van der Waals surface area contributed by atoms with Crippen molar-refractivity contribution in [1.29, 1.82) is 0 Å². The van der Waals surface area contributed by atoms with Gasteiger partial charge in [-0.2, -0.15) is 0 Å². The Hall–Kier alpha value is -1.40. The number of rotatable bonds is 5. The third-order valence-electron chi connectivity index (χ3n) is 2.82. The van der Waals surface area contributed by atoms with Gasteiger partial charge in [0, 0.05) is 19.3 Å². The number of carbonyl (C=O) groups excluding carboxylic acids is 1. The lowest BCUT2D eigenvalue weighted by molar-refractivity contribution is -0.121. The van der Waals surface area contributed by atoms with Crippen LogP contribution in [0.1, 0.15) is 24.5 Å². The van der Waals surface area contributed by atoms with E-state index in [4.69, 9.17) is 9.15 Å². The maximum Gasteiger partial charge on any atom is 0.234 e. The number of carbonyl (C=O) groups is 1. The van der Waals surface area contributed by atoms with E-state index in [1.54, 1.807) is 6.20 Å². The van der Waals surface area contributed by atoms with E-state index in [-0.39, 0.29) is 18.5 Å². The lowest BCUT2D eigenvalue weighted by atomic mass is 10.1. The summed E-state index contributed by atoms with van der Waals surface area (Å²) in [5, 5.41) is 5.98. The molecule has 0 aliphatic carbocycles. The van der Waals surface area contributed by atoms with Crippen molar-refractivity contribution in [3.05, 3.63) is 17.8 Å². The summed E-state index contributed by atoms with van der Waals surface area (Å²) in [6.45, 7) is 4.05. The molecule has 6 heteroatoms. The smallest absolute Gasteiger partial charge is 0.234 e. The highest BCUT2D eigenvalue weighted by Crippen LogP contribution is 2.05. The lowest BCUT2D eigenvalue weighted by Crippen LogP contribution is -2.42. The molecule has 2 heterocycles. The second kappa shape index (κ2) is 6.51. The molecular weight excluding hydrogens is 234 g/mol. The van der Waals surface area contributed by atoms with Gasteiger partial charge in [-0.1, -0.05) is 0 Å². The van der Waals surface area contributed by atoms with Crippen molar-refractivity contribution in [1.82, 2.24) is 15.6 Å². The normalized spacial score (nSPS) is 16.7. The molecular formula is C12H19N3O3. The highest BCUT2D eigenvalue weighted by Gasteiger charge is 2.15. The largest absolute Gasteiger partial charge is 0.445 e. The van der Waals surface area contributed by atoms with E-state index >= 15 is 0 Å². The molecule has 6 nitrogen and oxygen atoms in total. The van der Waals surface area contributed by atoms with Crippen LogP contribution in [0, 0.1) is 6.92 Å². The van der Waals surface area contributed by atoms with Gasteiger partial charge in [-0.25, -0.2) is 4.98 Å². The van der Waals surface area contributed by atoms with Crippen LogP contribution in [0.25, 0.3) is 0 Å². The van der Waals surface area contributed by atoms with Crippen LogP contribution in [0.3, 0.4) is 0 Å². The van der Waals surface area contributed by atoms with E-state index < -0.39 is 0 Å². The number of nitrogens with one attached hydrogen (secondary N) is 2. The standard InChI is InChI=1S/C12H19N3O3/c1-9-6-14-12(18-9)8-13-7-11(16)15-10-2-4-17-5-3-10/h6,10,13H,2-5,7-8H2,1H3,(H,15,16). The molecule has 1 aromatic rings. The third-order valence-corrected chi connectivity index (χ3v) is 2.82. The summed E-state index contributed by atoms with van der Waals surface area (Å²) in [6, 6.07) is 0.247. The molecule has 0 spiro atoms. The first-order chi connectivity index (χ1) is 8.74. The zero-order valence-electron chi connectivity index (χ0n) is 10.6.